The van der Waals surface area contributed by atoms with Crippen molar-refractivity contribution in [3.63, 3.8) is 0 Å². The van der Waals surface area contributed by atoms with E-state index in [1.165, 1.54) is 4.90 Å². The molecule has 0 bridgehead atoms. The van der Waals surface area contributed by atoms with Crippen LogP contribution in [0, 0.1) is 0 Å². The molecule has 3 heteroatoms. The van der Waals surface area contributed by atoms with Gasteiger partial charge in [0.15, 0.2) is 0 Å². The molecule has 0 fully saturated rings. The van der Waals surface area contributed by atoms with Gasteiger partial charge in [-0.1, -0.05) is 12.1 Å². The minimum atomic E-state index is -2.06. The van der Waals surface area contributed by atoms with Crippen LogP contribution in [0.15, 0.2) is 29.2 Å². The molecule has 1 rings (SSSR count). The Morgan fingerprint density at radius 1 is 1.17 bits per heavy atom. The Hall–Kier alpha value is -0.200. The fourth-order valence-electron chi connectivity index (χ4n) is 0.941. The largest absolute Gasteiger partial charge is 0.319 e. The maximum absolute atomic E-state index is 11.6. The highest BCUT2D eigenvalue weighted by molar-refractivity contribution is 7.98. The molecule has 0 aromatic heterocycles. The molecule has 0 N–H and O–H groups in total. The number of hydrogen-bond donors (Lipinski definition) is 0. The molecule has 66 valence electrons. The van der Waals surface area contributed by atoms with Crippen molar-refractivity contribution in [2.45, 2.75) is 4.90 Å². The summed E-state index contributed by atoms with van der Waals surface area (Å²) in [6, 6.07) is 7.93. The van der Waals surface area contributed by atoms with Gasteiger partial charge in [-0.2, -0.15) is 0 Å². The van der Waals surface area contributed by atoms with Crippen LogP contribution in [0.3, 0.4) is 0 Å². The van der Waals surface area contributed by atoms with Crippen molar-refractivity contribution in [3.8, 4) is 0 Å². The Kier molecular flexibility index (Phi) is 3.03. The second kappa shape index (κ2) is 3.68. The molecular formula is C9H13OPS. The topological polar surface area (TPSA) is 17.1 Å². The van der Waals surface area contributed by atoms with Gasteiger partial charge in [0.05, 0.1) is 0 Å². The summed E-state index contributed by atoms with van der Waals surface area (Å²) < 4.78 is 11.6. The lowest BCUT2D eigenvalue weighted by Crippen LogP contribution is -2.00. The molecule has 0 radical (unpaired) electrons. The Bertz CT molecular complexity index is 299. The van der Waals surface area contributed by atoms with Crippen molar-refractivity contribution in [1.82, 2.24) is 0 Å². The lowest BCUT2D eigenvalue weighted by molar-refractivity contribution is 0.588. The highest BCUT2D eigenvalue weighted by Crippen LogP contribution is 2.34. The van der Waals surface area contributed by atoms with E-state index >= 15 is 0 Å². The van der Waals surface area contributed by atoms with Crippen molar-refractivity contribution in [1.29, 1.82) is 0 Å². The zero-order chi connectivity index (χ0) is 9.19. The predicted molar refractivity (Wildman–Crippen MR) is 57.3 cm³/mol. The first-order valence-corrected chi connectivity index (χ1v) is 7.56. The zero-order valence-electron chi connectivity index (χ0n) is 7.57. The molecule has 0 aliphatic rings. The van der Waals surface area contributed by atoms with E-state index in [1.807, 2.05) is 30.5 Å². The van der Waals surface area contributed by atoms with Gasteiger partial charge < -0.3 is 4.57 Å². The van der Waals surface area contributed by atoms with Crippen LogP contribution >= 0.6 is 18.9 Å². The predicted octanol–water partition coefficient (Wildman–Crippen LogP) is 2.66. The smallest absolute Gasteiger partial charge is 0.109 e. The minimum absolute atomic E-state index is 0.959. The van der Waals surface area contributed by atoms with E-state index in [9.17, 15) is 4.57 Å². The number of benzene rings is 1. The van der Waals surface area contributed by atoms with Crippen LogP contribution in [0.25, 0.3) is 0 Å². The first-order chi connectivity index (χ1) is 5.54. The molecule has 1 aromatic carbocycles. The minimum Gasteiger partial charge on any atom is -0.319 e. The van der Waals surface area contributed by atoms with E-state index in [0.29, 0.717) is 0 Å². The SMILES string of the molecule is CSc1ccc(P(C)(C)=O)cc1. The van der Waals surface area contributed by atoms with Gasteiger partial charge in [0.1, 0.15) is 7.14 Å². The molecule has 0 atom stereocenters. The van der Waals surface area contributed by atoms with Gasteiger partial charge in [0.25, 0.3) is 0 Å². The molecular weight excluding hydrogens is 187 g/mol. The van der Waals surface area contributed by atoms with E-state index in [1.54, 1.807) is 25.1 Å². The Balaban J connectivity index is 3.01. The third-order valence-corrected chi connectivity index (χ3v) is 3.98. The molecule has 1 aromatic rings. The molecule has 1 nitrogen and oxygen atoms in total. The average Bonchev–Trinajstić information content (AvgIpc) is 2.03. The van der Waals surface area contributed by atoms with Crippen LogP contribution in [0.4, 0.5) is 0 Å². The molecule has 0 spiro atoms. The normalized spacial score (nSPS) is 11.6. The number of thioether (sulfide) groups is 1. The van der Waals surface area contributed by atoms with Gasteiger partial charge in [-0.05, 0) is 31.7 Å². The average molecular weight is 200 g/mol. The summed E-state index contributed by atoms with van der Waals surface area (Å²) >= 11 is 1.70. The van der Waals surface area contributed by atoms with Crippen molar-refractivity contribution >= 4 is 24.2 Å². The van der Waals surface area contributed by atoms with Gasteiger partial charge >= 0.3 is 0 Å². The van der Waals surface area contributed by atoms with Gasteiger partial charge in [0.2, 0.25) is 0 Å². The highest BCUT2D eigenvalue weighted by Gasteiger charge is 2.09. The summed E-state index contributed by atoms with van der Waals surface area (Å²) in [4.78, 5) is 1.22. The summed E-state index contributed by atoms with van der Waals surface area (Å²) in [5, 5.41) is 0.959. The number of hydrogen-bond acceptors (Lipinski definition) is 2. The molecule has 12 heavy (non-hydrogen) atoms. The lowest BCUT2D eigenvalue weighted by Gasteiger charge is -2.06. The molecule has 0 saturated heterocycles. The van der Waals surface area contributed by atoms with Crippen molar-refractivity contribution in [3.05, 3.63) is 24.3 Å². The van der Waals surface area contributed by atoms with Gasteiger partial charge in [-0.15, -0.1) is 11.8 Å². The number of rotatable bonds is 2. The van der Waals surface area contributed by atoms with Crippen molar-refractivity contribution < 1.29 is 4.57 Å². The summed E-state index contributed by atoms with van der Waals surface area (Å²) in [7, 11) is -2.06. The first-order valence-electron chi connectivity index (χ1n) is 3.73. The van der Waals surface area contributed by atoms with Crippen LogP contribution in [0.5, 0.6) is 0 Å². The molecule has 0 aliphatic heterocycles. The fourth-order valence-corrected chi connectivity index (χ4v) is 2.22. The van der Waals surface area contributed by atoms with E-state index in [4.69, 9.17) is 0 Å². The Morgan fingerprint density at radius 3 is 2.00 bits per heavy atom. The first kappa shape index (κ1) is 9.88. The molecule has 0 heterocycles. The lowest BCUT2D eigenvalue weighted by atomic mass is 10.4. The quantitative estimate of drug-likeness (QED) is 0.539. The molecule has 0 aliphatic carbocycles. The van der Waals surface area contributed by atoms with Crippen LogP contribution in [-0.4, -0.2) is 19.6 Å². The second-order valence-electron chi connectivity index (χ2n) is 3.05. The van der Waals surface area contributed by atoms with Crippen LogP contribution in [-0.2, 0) is 4.57 Å². The van der Waals surface area contributed by atoms with Crippen LogP contribution in [0.2, 0.25) is 0 Å². The summed E-state index contributed by atoms with van der Waals surface area (Å²) in [6.07, 6.45) is 2.03. The van der Waals surface area contributed by atoms with Crippen molar-refractivity contribution in [2.24, 2.45) is 0 Å². The summed E-state index contributed by atoms with van der Waals surface area (Å²) in [5.41, 5.74) is 0. The standard InChI is InChI=1S/C9H13OPS/c1-11(2,10)8-4-6-9(12-3)7-5-8/h4-7H,1-3H3. The van der Waals surface area contributed by atoms with Crippen LogP contribution < -0.4 is 5.30 Å². The highest BCUT2D eigenvalue weighted by atomic mass is 32.2. The maximum Gasteiger partial charge on any atom is 0.109 e. The Labute approximate surface area is 77.9 Å². The monoisotopic (exact) mass is 200 g/mol. The third-order valence-electron chi connectivity index (χ3n) is 1.69. The second-order valence-corrected chi connectivity index (χ2v) is 7.15. The van der Waals surface area contributed by atoms with Crippen LogP contribution in [0.1, 0.15) is 0 Å². The van der Waals surface area contributed by atoms with E-state index in [-0.39, 0.29) is 0 Å². The molecule has 0 saturated carbocycles. The fraction of sp³-hybridized carbons (Fsp3) is 0.333. The van der Waals surface area contributed by atoms with Gasteiger partial charge in [0, 0.05) is 10.2 Å². The van der Waals surface area contributed by atoms with Gasteiger partial charge in [-0.3, -0.25) is 0 Å². The van der Waals surface area contributed by atoms with E-state index in [0.717, 1.165) is 5.30 Å². The molecule has 0 amide bonds. The summed E-state index contributed by atoms with van der Waals surface area (Å²) in [5.74, 6) is 0. The zero-order valence-corrected chi connectivity index (χ0v) is 9.28. The Morgan fingerprint density at radius 2 is 1.67 bits per heavy atom. The third kappa shape index (κ3) is 2.40. The molecule has 0 unspecified atom stereocenters. The van der Waals surface area contributed by atoms with Gasteiger partial charge in [-0.25, -0.2) is 0 Å². The summed E-state index contributed by atoms with van der Waals surface area (Å²) in [6.45, 7) is 3.59. The van der Waals surface area contributed by atoms with E-state index in [2.05, 4.69) is 0 Å². The van der Waals surface area contributed by atoms with Crippen molar-refractivity contribution in [2.75, 3.05) is 19.6 Å². The maximum atomic E-state index is 11.6. The van der Waals surface area contributed by atoms with E-state index < -0.39 is 7.14 Å².